The standard InChI is InChI=1S/C21H23N3O5/c1-14-10-16(11-25)24-17(18(14)28-12-15-8-6-5-7-9-15)19(26)22-13-23(24)20(27)29-21(2,3)4/h5-11H,1,12-13H2,2-4H3,(H,22,26). The minimum Gasteiger partial charge on any atom is -0.486 e. The summed E-state index contributed by atoms with van der Waals surface area (Å²) in [5, 5.41) is 4.97. The highest BCUT2D eigenvalue weighted by atomic mass is 16.6. The van der Waals surface area contributed by atoms with Gasteiger partial charge < -0.3 is 14.8 Å². The predicted octanol–water partition coefficient (Wildman–Crippen LogP) is 2.61. The van der Waals surface area contributed by atoms with E-state index in [-0.39, 0.29) is 30.4 Å². The summed E-state index contributed by atoms with van der Waals surface area (Å²) in [4.78, 5) is 37.0. The van der Waals surface area contributed by atoms with Gasteiger partial charge in [-0.25, -0.2) is 9.80 Å². The van der Waals surface area contributed by atoms with Crippen molar-refractivity contribution in [1.29, 1.82) is 0 Å². The van der Waals surface area contributed by atoms with E-state index in [2.05, 4.69) is 11.9 Å². The number of hydrogen-bond donors (Lipinski definition) is 1. The summed E-state index contributed by atoms with van der Waals surface area (Å²) in [5.41, 5.74) is 0.589. The molecule has 0 aromatic heterocycles. The van der Waals surface area contributed by atoms with Crippen LogP contribution in [0.5, 0.6) is 0 Å². The van der Waals surface area contributed by atoms with Crippen LogP contribution in [0.15, 0.2) is 65.7 Å². The third-order valence-corrected chi connectivity index (χ3v) is 4.08. The zero-order chi connectivity index (χ0) is 21.2. The number of amides is 2. The minimum atomic E-state index is -0.750. The molecule has 152 valence electrons. The Bertz CT molecular complexity index is 912. The molecule has 3 rings (SSSR count). The molecule has 0 spiro atoms. The Labute approximate surface area is 169 Å². The third kappa shape index (κ3) is 4.31. The van der Waals surface area contributed by atoms with Crippen LogP contribution in [0, 0.1) is 0 Å². The van der Waals surface area contributed by atoms with Crippen LogP contribution < -0.4 is 5.32 Å². The van der Waals surface area contributed by atoms with Crippen LogP contribution in [0.25, 0.3) is 0 Å². The Morgan fingerprint density at radius 1 is 1.28 bits per heavy atom. The number of allylic oxidation sites excluding steroid dienone is 2. The molecule has 0 saturated carbocycles. The lowest BCUT2D eigenvalue weighted by Crippen LogP contribution is -2.59. The maximum absolute atomic E-state index is 12.7. The Morgan fingerprint density at radius 2 is 1.97 bits per heavy atom. The molecule has 1 saturated heterocycles. The number of hydrazine groups is 1. The van der Waals surface area contributed by atoms with Crippen LogP contribution >= 0.6 is 0 Å². The normalized spacial score (nSPS) is 16.7. The van der Waals surface area contributed by atoms with E-state index in [4.69, 9.17) is 9.47 Å². The number of benzene rings is 1. The summed E-state index contributed by atoms with van der Waals surface area (Å²) >= 11 is 0. The summed E-state index contributed by atoms with van der Waals surface area (Å²) in [6.07, 6.45) is 1.31. The molecule has 8 nitrogen and oxygen atoms in total. The molecule has 1 aromatic carbocycles. The number of nitrogens with one attached hydrogen (secondary N) is 1. The Kier molecular flexibility index (Phi) is 5.45. The van der Waals surface area contributed by atoms with Crippen LogP contribution in [0.3, 0.4) is 0 Å². The maximum atomic E-state index is 12.7. The van der Waals surface area contributed by atoms with Crippen LogP contribution in [0.2, 0.25) is 0 Å². The fraction of sp³-hybridized carbons (Fsp3) is 0.286. The van der Waals surface area contributed by atoms with E-state index in [1.807, 2.05) is 30.3 Å². The molecule has 0 aliphatic carbocycles. The van der Waals surface area contributed by atoms with Crippen LogP contribution in [-0.2, 0) is 25.7 Å². The number of fused-ring (bicyclic) bond motifs is 1. The largest absolute Gasteiger partial charge is 0.486 e. The number of ether oxygens (including phenoxy) is 2. The molecular formula is C21H23N3O5. The van der Waals surface area contributed by atoms with Gasteiger partial charge in [-0.15, -0.1) is 0 Å². The molecule has 2 heterocycles. The van der Waals surface area contributed by atoms with E-state index in [0.717, 1.165) is 10.6 Å². The second kappa shape index (κ2) is 7.83. The van der Waals surface area contributed by atoms with Gasteiger partial charge in [0.2, 0.25) is 0 Å². The second-order valence-electron chi connectivity index (χ2n) is 7.52. The van der Waals surface area contributed by atoms with Crippen molar-refractivity contribution in [3.8, 4) is 0 Å². The highest BCUT2D eigenvalue weighted by Crippen LogP contribution is 2.33. The number of nitrogens with zero attached hydrogens (tertiary/aromatic N) is 2. The number of rotatable bonds is 4. The van der Waals surface area contributed by atoms with Gasteiger partial charge in [-0.1, -0.05) is 36.9 Å². The van der Waals surface area contributed by atoms with Crippen molar-refractivity contribution in [1.82, 2.24) is 15.3 Å². The summed E-state index contributed by atoms with van der Waals surface area (Å²) in [7, 11) is 0. The lowest BCUT2D eigenvalue weighted by molar-refractivity contribution is -0.128. The van der Waals surface area contributed by atoms with Gasteiger partial charge in [0.1, 0.15) is 24.6 Å². The molecule has 1 N–H and O–H groups in total. The number of aldehydes is 1. The van der Waals surface area contributed by atoms with Gasteiger partial charge in [-0.3, -0.25) is 9.59 Å². The zero-order valence-corrected chi connectivity index (χ0v) is 16.6. The molecule has 0 bridgehead atoms. The molecule has 0 radical (unpaired) electrons. The van der Waals surface area contributed by atoms with Crippen molar-refractivity contribution in [2.45, 2.75) is 33.0 Å². The molecule has 29 heavy (non-hydrogen) atoms. The quantitative estimate of drug-likeness (QED) is 0.786. The van der Waals surface area contributed by atoms with Crippen molar-refractivity contribution in [3.05, 3.63) is 71.3 Å². The molecule has 8 heteroatoms. The molecule has 2 aliphatic rings. The number of hydrogen-bond acceptors (Lipinski definition) is 6. The fourth-order valence-corrected chi connectivity index (χ4v) is 2.88. The van der Waals surface area contributed by atoms with Crippen LogP contribution in [0.4, 0.5) is 4.79 Å². The van der Waals surface area contributed by atoms with Gasteiger partial charge in [-0.05, 0) is 32.4 Å². The SMILES string of the molecule is C=C1C=C(C=O)N2C(=C1OCc1ccccc1)C(=O)NCN2C(=O)OC(C)(C)C. The summed E-state index contributed by atoms with van der Waals surface area (Å²) in [5.74, 6) is -0.299. The zero-order valence-electron chi connectivity index (χ0n) is 16.6. The molecule has 0 atom stereocenters. The van der Waals surface area contributed by atoms with E-state index < -0.39 is 17.6 Å². The molecule has 0 unspecified atom stereocenters. The van der Waals surface area contributed by atoms with Gasteiger partial charge in [0.05, 0.1) is 0 Å². The highest BCUT2D eigenvalue weighted by molar-refractivity contribution is 5.98. The van der Waals surface area contributed by atoms with E-state index in [1.165, 1.54) is 11.1 Å². The summed E-state index contributed by atoms with van der Waals surface area (Å²) in [6, 6.07) is 9.41. The third-order valence-electron chi connectivity index (χ3n) is 4.08. The number of carbonyl (C=O) groups is 3. The highest BCUT2D eigenvalue weighted by Gasteiger charge is 2.41. The Balaban J connectivity index is 1.97. The van der Waals surface area contributed by atoms with Crippen molar-refractivity contribution in [2.75, 3.05) is 6.67 Å². The molecule has 2 aliphatic heterocycles. The monoisotopic (exact) mass is 397 g/mol. The van der Waals surface area contributed by atoms with Crippen LogP contribution in [0.1, 0.15) is 26.3 Å². The van der Waals surface area contributed by atoms with E-state index in [0.29, 0.717) is 11.9 Å². The van der Waals surface area contributed by atoms with Gasteiger partial charge in [0.25, 0.3) is 5.91 Å². The van der Waals surface area contributed by atoms with Crippen molar-refractivity contribution in [2.24, 2.45) is 0 Å². The van der Waals surface area contributed by atoms with Crippen molar-refractivity contribution < 1.29 is 23.9 Å². The average molecular weight is 397 g/mol. The first-order valence-electron chi connectivity index (χ1n) is 9.07. The minimum absolute atomic E-state index is 0.00707. The van der Waals surface area contributed by atoms with E-state index >= 15 is 0 Å². The molecule has 1 aromatic rings. The maximum Gasteiger partial charge on any atom is 0.431 e. The Hall–Kier alpha value is -3.55. The first-order valence-corrected chi connectivity index (χ1v) is 9.07. The van der Waals surface area contributed by atoms with E-state index in [1.54, 1.807) is 20.8 Å². The average Bonchev–Trinajstić information content (AvgIpc) is 2.66. The van der Waals surface area contributed by atoms with Gasteiger partial charge >= 0.3 is 6.09 Å². The smallest absolute Gasteiger partial charge is 0.431 e. The van der Waals surface area contributed by atoms with E-state index in [9.17, 15) is 14.4 Å². The van der Waals surface area contributed by atoms with Gasteiger partial charge in [-0.2, -0.15) is 5.01 Å². The molecule has 2 amide bonds. The number of carbonyl (C=O) groups excluding carboxylic acids is 3. The lowest BCUT2D eigenvalue weighted by Gasteiger charge is -2.43. The summed E-state index contributed by atoms with van der Waals surface area (Å²) in [6.45, 7) is 9.13. The first-order chi connectivity index (χ1) is 13.7. The first kappa shape index (κ1) is 20.2. The predicted molar refractivity (Wildman–Crippen MR) is 104 cm³/mol. The van der Waals surface area contributed by atoms with Crippen LogP contribution in [-0.4, -0.2) is 40.6 Å². The second-order valence-corrected chi connectivity index (χ2v) is 7.52. The van der Waals surface area contributed by atoms with Crippen molar-refractivity contribution in [3.63, 3.8) is 0 Å². The van der Waals surface area contributed by atoms with Gasteiger partial charge in [0, 0.05) is 5.57 Å². The molecule has 1 fully saturated rings. The summed E-state index contributed by atoms with van der Waals surface area (Å²) < 4.78 is 11.3. The van der Waals surface area contributed by atoms with Gasteiger partial charge in [0.15, 0.2) is 17.7 Å². The topological polar surface area (TPSA) is 88.2 Å². The molecular weight excluding hydrogens is 374 g/mol. The fourth-order valence-electron chi connectivity index (χ4n) is 2.88. The van der Waals surface area contributed by atoms with Crippen molar-refractivity contribution >= 4 is 18.3 Å². The Morgan fingerprint density at radius 3 is 2.59 bits per heavy atom. The lowest BCUT2D eigenvalue weighted by atomic mass is 10.1.